The second kappa shape index (κ2) is 10.2. The number of carbonyl (C=O) groups excluding carboxylic acids is 3. The maximum absolute atomic E-state index is 13.2. The van der Waals surface area contributed by atoms with Crippen LogP contribution in [-0.4, -0.2) is 37.3 Å². The van der Waals surface area contributed by atoms with Gasteiger partial charge in [0.05, 0.1) is 25.1 Å². The summed E-state index contributed by atoms with van der Waals surface area (Å²) in [6.07, 6.45) is 7.16. The van der Waals surface area contributed by atoms with Crippen molar-refractivity contribution in [1.82, 2.24) is 10.6 Å². The van der Waals surface area contributed by atoms with Crippen LogP contribution in [0.15, 0.2) is 23.8 Å². The predicted molar refractivity (Wildman–Crippen MR) is 123 cm³/mol. The third kappa shape index (κ3) is 5.62. The highest BCUT2D eigenvalue weighted by molar-refractivity contribution is 6.03. The molecule has 0 unspecified atom stereocenters. The predicted octanol–water partition coefficient (Wildman–Crippen LogP) is 2.93. The molecule has 1 aromatic carbocycles. The number of ether oxygens (including phenoxy) is 1. The number of fused-ring (bicyclic) bond motifs is 1. The third-order valence-electron chi connectivity index (χ3n) is 6.93. The van der Waals surface area contributed by atoms with Gasteiger partial charge in [0, 0.05) is 36.4 Å². The highest BCUT2D eigenvalue weighted by Crippen LogP contribution is 2.35. The fraction of sp³-hybridized carbons (Fsp3) is 0.538. The number of piperidine rings is 1. The van der Waals surface area contributed by atoms with Gasteiger partial charge >= 0.3 is 0 Å². The molecular weight excluding hydrogens is 418 g/mol. The van der Waals surface area contributed by atoms with Crippen LogP contribution in [0.25, 0.3) is 6.08 Å². The van der Waals surface area contributed by atoms with E-state index in [2.05, 4.69) is 16.7 Å². The van der Waals surface area contributed by atoms with Crippen LogP contribution in [-0.2, 0) is 20.8 Å². The lowest BCUT2D eigenvalue weighted by Crippen LogP contribution is -2.43. The molecular formula is C26H31N3O4. The van der Waals surface area contributed by atoms with E-state index in [1.807, 2.05) is 24.3 Å². The Bertz CT molecular complexity index is 1010. The zero-order valence-electron chi connectivity index (χ0n) is 19.1. The number of ketones is 1. The Morgan fingerprint density at radius 3 is 2.79 bits per heavy atom. The molecule has 1 aromatic rings. The van der Waals surface area contributed by atoms with E-state index in [-0.39, 0.29) is 29.9 Å². The van der Waals surface area contributed by atoms with Crippen molar-refractivity contribution in [2.45, 2.75) is 57.4 Å². The molecule has 0 radical (unpaired) electrons. The number of hydrogen-bond acceptors (Lipinski definition) is 5. The molecule has 2 fully saturated rings. The molecule has 2 aliphatic carbocycles. The molecule has 3 aliphatic rings. The Hall–Kier alpha value is -3.14. The van der Waals surface area contributed by atoms with Gasteiger partial charge in [-0.05, 0) is 49.3 Å². The standard InChI is InChI=1S/C26H31N3O4/c1-33-24-6-2-4-18-13-20(14-21(18)24)26(32)29-22(11-16-7-8-16)23(30)12-17(15-27)10-19-5-3-9-28-25(19)31/h2,4,6,14,16-17,19,22H,3,5,7-13H2,1H3,(H,28,31)(H,29,32)/t17-,19+,22+/m1/s1. The first-order valence-corrected chi connectivity index (χ1v) is 11.9. The van der Waals surface area contributed by atoms with Crippen molar-refractivity contribution in [3.8, 4) is 11.8 Å². The average Bonchev–Trinajstić information content (AvgIpc) is 3.53. The molecule has 7 heteroatoms. The number of rotatable bonds is 10. The van der Waals surface area contributed by atoms with E-state index in [4.69, 9.17) is 4.74 Å². The van der Waals surface area contributed by atoms with Gasteiger partial charge in [-0.25, -0.2) is 0 Å². The normalized spacial score (nSPS) is 21.2. The van der Waals surface area contributed by atoms with Crippen molar-refractivity contribution in [3.05, 3.63) is 34.9 Å². The summed E-state index contributed by atoms with van der Waals surface area (Å²) >= 11 is 0. The third-order valence-corrected chi connectivity index (χ3v) is 6.93. The van der Waals surface area contributed by atoms with Crippen molar-refractivity contribution in [2.75, 3.05) is 13.7 Å². The van der Waals surface area contributed by atoms with Gasteiger partial charge in [-0.3, -0.25) is 14.4 Å². The Kier molecular flexibility index (Phi) is 7.12. The van der Waals surface area contributed by atoms with E-state index in [0.29, 0.717) is 37.3 Å². The van der Waals surface area contributed by atoms with Gasteiger partial charge < -0.3 is 15.4 Å². The lowest BCUT2D eigenvalue weighted by molar-refractivity contribution is -0.128. The smallest absolute Gasteiger partial charge is 0.248 e. The van der Waals surface area contributed by atoms with Crippen molar-refractivity contribution < 1.29 is 19.1 Å². The largest absolute Gasteiger partial charge is 0.496 e. The van der Waals surface area contributed by atoms with Gasteiger partial charge in [0.2, 0.25) is 11.8 Å². The first-order valence-electron chi connectivity index (χ1n) is 11.9. The zero-order valence-corrected chi connectivity index (χ0v) is 19.1. The minimum absolute atomic E-state index is 0.0278. The van der Waals surface area contributed by atoms with Crippen LogP contribution < -0.4 is 15.4 Å². The van der Waals surface area contributed by atoms with Crippen molar-refractivity contribution in [1.29, 1.82) is 5.26 Å². The summed E-state index contributed by atoms with van der Waals surface area (Å²) in [5.74, 6) is 0.0383. The Morgan fingerprint density at radius 1 is 1.27 bits per heavy atom. The summed E-state index contributed by atoms with van der Waals surface area (Å²) in [5.41, 5.74) is 2.55. The number of methoxy groups -OCH3 is 1. The molecule has 1 heterocycles. The van der Waals surface area contributed by atoms with Crippen LogP contribution in [0.4, 0.5) is 0 Å². The molecule has 0 aromatic heterocycles. The molecule has 1 saturated carbocycles. The number of nitrogens with zero attached hydrogens (tertiary/aromatic N) is 1. The highest BCUT2D eigenvalue weighted by atomic mass is 16.5. The summed E-state index contributed by atoms with van der Waals surface area (Å²) in [5, 5.41) is 15.4. The molecule has 1 aliphatic heterocycles. The van der Waals surface area contributed by atoms with Crippen LogP contribution in [0.5, 0.6) is 5.75 Å². The minimum atomic E-state index is -0.604. The van der Waals surface area contributed by atoms with E-state index in [1.54, 1.807) is 7.11 Å². The summed E-state index contributed by atoms with van der Waals surface area (Å²) < 4.78 is 5.40. The van der Waals surface area contributed by atoms with Crippen molar-refractivity contribution >= 4 is 23.7 Å². The second-order valence-electron chi connectivity index (χ2n) is 9.45. The minimum Gasteiger partial charge on any atom is -0.496 e. The maximum Gasteiger partial charge on any atom is 0.248 e. The summed E-state index contributed by atoms with van der Waals surface area (Å²) in [6, 6.07) is 7.36. The molecule has 33 heavy (non-hydrogen) atoms. The van der Waals surface area contributed by atoms with E-state index in [9.17, 15) is 19.6 Å². The molecule has 2 N–H and O–H groups in total. The van der Waals surface area contributed by atoms with E-state index < -0.39 is 12.0 Å². The number of carbonyl (C=O) groups is 3. The fourth-order valence-corrected chi connectivity index (χ4v) is 4.84. The van der Waals surface area contributed by atoms with E-state index in [1.165, 1.54) is 0 Å². The summed E-state index contributed by atoms with van der Waals surface area (Å²) in [6.45, 7) is 0.673. The Morgan fingerprint density at radius 2 is 2.09 bits per heavy atom. The average molecular weight is 450 g/mol. The van der Waals surface area contributed by atoms with Crippen LogP contribution in [0.1, 0.15) is 56.1 Å². The number of Topliss-reactive ketones (excluding diaryl/α,β-unsaturated/α-hetero) is 1. The summed E-state index contributed by atoms with van der Waals surface area (Å²) in [7, 11) is 1.61. The number of benzene rings is 1. The molecule has 1 saturated heterocycles. The quantitative estimate of drug-likeness (QED) is 0.571. The van der Waals surface area contributed by atoms with Crippen LogP contribution in [0.3, 0.4) is 0 Å². The molecule has 174 valence electrons. The molecule has 0 bridgehead atoms. The zero-order chi connectivity index (χ0) is 23.4. The van der Waals surface area contributed by atoms with Gasteiger partial charge in [0.1, 0.15) is 5.75 Å². The Labute approximate surface area is 194 Å². The van der Waals surface area contributed by atoms with Crippen LogP contribution >= 0.6 is 0 Å². The monoisotopic (exact) mass is 449 g/mol. The molecule has 3 atom stereocenters. The lowest BCUT2D eigenvalue weighted by atomic mass is 9.85. The van der Waals surface area contributed by atoms with Crippen LogP contribution in [0.2, 0.25) is 0 Å². The topological polar surface area (TPSA) is 108 Å². The second-order valence-corrected chi connectivity index (χ2v) is 9.45. The summed E-state index contributed by atoms with van der Waals surface area (Å²) in [4.78, 5) is 38.3. The highest BCUT2D eigenvalue weighted by Gasteiger charge is 2.34. The first kappa shape index (κ1) is 23.0. The number of amides is 2. The SMILES string of the molecule is COc1cccc2c1C=C(C(=O)N[C@@H](CC1CC1)C(=O)C[C@H](C#N)C[C@@H]1CCCNC1=O)C2. The van der Waals surface area contributed by atoms with Crippen molar-refractivity contribution in [3.63, 3.8) is 0 Å². The molecule has 0 spiro atoms. The van der Waals surface area contributed by atoms with Gasteiger partial charge in [-0.1, -0.05) is 25.0 Å². The van der Waals surface area contributed by atoms with Gasteiger partial charge in [-0.15, -0.1) is 0 Å². The van der Waals surface area contributed by atoms with Gasteiger partial charge in [0.15, 0.2) is 5.78 Å². The first-order chi connectivity index (χ1) is 16.0. The molecule has 2 amide bonds. The van der Waals surface area contributed by atoms with Crippen molar-refractivity contribution in [2.24, 2.45) is 17.8 Å². The number of hydrogen-bond donors (Lipinski definition) is 2. The van der Waals surface area contributed by atoms with E-state index in [0.717, 1.165) is 42.6 Å². The number of nitriles is 1. The number of nitrogens with one attached hydrogen (secondary N) is 2. The lowest BCUT2D eigenvalue weighted by Gasteiger charge is -2.24. The van der Waals surface area contributed by atoms with Gasteiger partial charge in [0.25, 0.3) is 0 Å². The fourth-order valence-electron chi connectivity index (χ4n) is 4.84. The molecule has 4 rings (SSSR count). The Balaban J connectivity index is 1.40. The maximum atomic E-state index is 13.2. The molecule has 7 nitrogen and oxygen atoms in total. The van der Waals surface area contributed by atoms with E-state index >= 15 is 0 Å². The van der Waals surface area contributed by atoms with Gasteiger partial charge in [-0.2, -0.15) is 5.26 Å². The van der Waals surface area contributed by atoms with Crippen LogP contribution in [0, 0.1) is 29.1 Å².